The van der Waals surface area contributed by atoms with E-state index in [4.69, 9.17) is 4.74 Å². The fourth-order valence-electron chi connectivity index (χ4n) is 3.37. The summed E-state index contributed by atoms with van der Waals surface area (Å²) in [6.07, 6.45) is 3.08. The minimum Gasteiger partial charge on any atom is -0.467 e. The molecule has 2 amide bonds. The van der Waals surface area contributed by atoms with Crippen LogP contribution in [0.3, 0.4) is 0 Å². The molecule has 1 spiro atoms. The third-order valence-electron chi connectivity index (χ3n) is 5.16. The summed E-state index contributed by atoms with van der Waals surface area (Å²) >= 11 is 0. The van der Waals surface area contributed by atoms with E-state index in [9.17, 15) is 14.4 Å². The predicted octanol–water partition coefficient (Wildman–Crippen LogP) is 1.70. The second kappa shape index (κ2) is 6.61. The first-order valence-electron chi connectivity index (χ1n) is 8.36. The number of methoxy groups -OCH3 is 2. The standard InChI is InChI=1S/C17H28N2O5/c1-16(2,3)12(18-15(22)24-5)13(20)19-9-8-17(6-7-17)10-11(19)14(21)23-4/h11-12H,6-10H2,1-5H3,(H,18,22)/t11-,12+/m0/s1. The molecule has 2 rings (SSSR count). The van der Waals surface area contributed by atoms with Crippen LogP contribution in [0.4, 0.5) is 4.79 Å². The van der Waals surface area contributed by atoms with Gasteiger partial charge in [0.25, 0.3) is 0 Å². The second-order valence-corrected chi connectivity index (χ2v) is 7.96. The molecule has 24 heavy (non-hydrogen) atoms. The van der Waals surface area contributed by atoms with Crippen molar-refractivity contribution in [2.24, 2.45) is 10.8 Å². The molecule has 1 heterocycles. The Bertz CT molecular complexity index is 522. The number of hydrogen-bond donors (Lipinski definition) is 1. The van der Waals surface area contributed by atoms with Gasteiger partial charge in [-0.15, -0.1) is 0 Å². The number of rotatable bonds is 3. The van der Waals surface area contributed by atoms with Crippen molar-refractivity contribution in [2.75, 3.05) is 20.8 Å². The number of esters is 1. The molecule has 0 aromatic heterocycles. The molecule has 7 nitrogen and oxygen atoms in total. The zero-order valence-electron chi connectivity index (χ0n) is 15.2. The minimum atomic E-state index is -0.773. The number of nitrogens with zero attached hydrogens (tertiary/aromatic N) is 1. The monoisotopic (exact) mass is 340 g/mol. The number of carbonyl (C=O) groups is 3. The molecule has 2 atom stereocenters. The van der Waals surface area contributed by atoms with Crippen molar-refractivity contribution in [3.63, 3.8) is 0 Å². The summed E-state index contributed by atoms with van der Waals surface area (Å²) in [5.74, 6) is -0.654. The Morgan fingerprint density at radius 2 is 1.75 bits per heavy atom. The van der Waals surface area contributed by atoms with Gasteiger partial charge in [-0.1, -0.05) is 20.8 Å². The topological polar surface area (TPSA) is 84.9 Å². The lowest BCUT2D eigenvalue weighted by Crippen LogP contribution is -2.60. The molecule has 0 unspecified atom stereocenters. The summed E-state index contributed by atoms with van der Waals surface area (Å²) in [6.45, 7) is 6.11. The Hall–Kier alpha value is -1.79. The van der Waals surface area contributed by atoms with Gasteiger partial charge in [-0.05, 0) is 36.5 Å². The number of nitrogens with one attached hydrogen (secondary N) is 1. The van der Waals surface area contributed by atoms with Gasteiger partial charge in [0.15, 0.2) is 0 Å². The molecular formula is C17H28N2O5. The largest absolute Gasteiger partial charge is 0.467 e. The van der Waals surface area contributed by atoms with Gasteiger partial charge in [0.2, 0.25) is 5.91 Å². The van der Waals surface area contributed by atoms with Gasteiger partial charge >= 0.3 is 12.1 Å². The smallest absolute Gasteiger partial charge is 0.407 e. The van der Waals surface area contributed by atoms with Crippen LogP contribution in [0.15, 0.2) is 0 Å². The maximum absolute atomic E-state index is 13.1. The van der Waals surface area contributed by atoms with Crippen molar-refractivity contribution < 1.29 is 23.9 Å². The Morgan fingerprint density at radius 1 is 1.12 bits per heavy atom. The number of likely N-dealkylation sites (tertiary alicyclic amines) is 1. The van der Waals surface area contributed by atoms with Crippen molar-refractivity contribution in [1.29, 1.82) is 0 Å². The van der Waals surface area contributed by atoms with Crippen molar-refractivity contribution in [3.8, 4) is 0 Å². The summed E-state index contributed by atoms with van der Waals surface area (Å²) in [7, 11) is 2.60. The van der Waals surface area contributed by atoms with Gasteiger partial charge in [0, 0.05) is 6.54 Å². The highest BCUT2D eigenvalue weighted by Crippen LogP contribution is 2.55. The van der Waals surface area contributed by atoms with E-state index in [0.29, 0.717) is 13.0 Å². The minimum absolute atomic E-state index is 0.197. The lowest BCUT2D eigenvalue weighted by Gasteiger charge is -2.42. The van der Waals surface area contributed by atoms with Crippen molar-refractivity contribution >= 4 is 18.0 Å². The normalized spacial score (nSPS) is 23.4. The molecule has 0 bridgehead atoms. The van der Waals surface area contributed by atoms with Crippen LogP contribution >= 0.6 is 0 Å². The zero-order valence-corrected chi connectivity index (χ0v) is 15.2. The lowest BCUT2D eigenvalue weighted by molar-refractivity contribution is -0.158. The van der Waals surface area contributed by atoms with E-state index in [0.717, 1.165) is 19.3 Å². The van der Waals surface area contributed by atoms with Crippen LogP contribution in [0.1, 0.15) is 46.5 Å². The molecule has 2 aliphatic rings. The Morgan fingerprint density at radius 3 is 2.21 bits per heavy atom. The Balaban J connectivity index is 2.22. The highest BCUT2D eigenvalue weighted by molar-refractivity contribution is 5.90. The maximum atomic E-state index is 13.1. The average Bonchev–Trinajstić information content (AvgIpc) is 3.28. The maximum Gasteiger partial charge on any atom is 0.407 e. The summed E-state index contributed by atoms with van der Waals surface area (Å²) in [6, 6.07) is -1.35. The van der Waals surface area contributed by atoms with Gasteiger partial charge in [-0.2, -0.15) is 0 Å². The van der Waals surface area contributed by atoms with E-state index in [1.165, 1.54) is 14.2 Å². The van der Waals surface area contributed by atoms with E-state index >= 15 is 0 Å². The van der Waals surface area contributed by atoms with Crippen LogP contribution in [0, 0.1) is 10.8 Å². The number of ether oxygens (including phenoxy) is 2. The van der Waals surface area contributed by atoms with E-state index in [-0.39, 0.29) is 17.3 Å². The van der Waals surface area contributed by atoms with Crippen LogP contribution < -0.4 is 5.32 Å². The molecule has 0 aromatic carbocycles. The van der Waals surface area contributed by atoms with Crippen molar-refractivity contribution in [1.82, 2.24) is 10.2 Å². The van der Waals surface area contributed by atoms with Gasteiger partial charge < -0.3 is 19.7 Å². The number of hydrogen-bond acceptors (Lipinski definition) is 5. The highest BCUT2D eigenvalue weighted by atomic mass is 16.5. The molecule has 7 heteroatoms. The van der Waals surface area contributed by atoms with Crippen LogP contribution in [-0.2, 0) is 19.1 Å². The number of carbonyl (C=O) groups excluding carboxylic acids is 3. The molecular weight excluding hydrogens is 312 g/mol. The van der Waals surface area contributed by atoms with Crippen LogP contribution in [0.25, 0.3) is 0 Å². The Labute approximate surface area is 143 Å². The predicted molar refractivity (Wildman–Crippen MR) is 87.2 cm³/mol. The number of alkyl carbamates (subject to hydrolysis) is 1. The van der Waals surface area contributed by atoms with E-state index in [2.05, 4.69) is 10.1 Å². The van der Waals surface area contributed by atoms with E-state index in [1.807, 2.05) is 20.8 Å². The van der Waals surface area contributed by atoms with E-state index in [1.54, 1.807) is 4.90 Å². The van der Waals surface area contributed by atoms with Crippen LogP contribution in [0.5, 0.6) is 0 Å². The van der Waals surface area contributed by atoms with Gasteiger partial charge in [-0.3, -0.25) is 4.79 Å². The Kier molecular flexibility index (Phi) is 5.11. The summed E-state index contributed by atoms with van der Waals surface area (Å²) < 4.78 is 9.55. The first kappa shape index (κ1) is 18.5. The van der Waals surface area contributed by atoms with Crippen molar-refractivity contribution in [2.45, 2.75) is 58.5 Å². The zero-order chi connectivity index (χ0) is 18.1. The van der Waals surface area contributed by atoms with Crippen LogP contribution in [-0.4, -0.2) is 55.7 Å². The first-order valence-corrected chi connectivity index (χ1v) is 8.36. The number of amides is 2. The molecule has 1 saturated carbocycles. The molecule has 1 aliphatic heterocycles. The summed E-state index contributed by atoms with van der Waals surface area (Å²) in [4.78, 5) is 38.5. The SMILES string of the molecule is COC(=O)N[C@H](C(=O)N1CCC2(CC2)C[C@H]1C(=O)OC)C(C)(C)C. The highest BCUT2D eigenvalue weighted by Gasteiger charge is 2.52. The first-order chi connectivity index (χ1) is 11.1. The molecule has 1 aliphatic carbocycles. The second-order valence-electron chi connectivity index (χ2n) is 7.96. The quantitative estimate of drug-likeness (QED) is 0.791. The molecule has 0 aromatic rings. The van der Waals surface area contributed by atoms with E-state index < -0.39 is 23.6 Å². The third kappa shape index (κ3) is 3.82. The molecule has 1 saturated heterocycles. The summed E-state index contributed by atoms with van der Waals surface area (Å²) in [5.41, 5.74) is -0.316. The summed E-state index contributed by atoms with van der Waals surface area (Å²) in [5, 5.41) is 2.61. The fraction of sp³-hybridized carbons (Fsp3) is 0.824. The average molecular weight is 340 g/mol. The van der Waals surface area contributed by atoms with Crippen molar-refractivity contribution in [3.05, 3.63) is 0 Å². The van der Waals surface area contributed by atoms with Gasteiger partial charge in [0.1, 0.15) is 12.1 Å². The molecule has 0 radical (unpaired) electrons. The molecule has 1 N–H and O–H groups in total. The lowest BCUT2D eigenvalue weighted by atomic mass is 9.83. The van der Waals surface area contributed by atoms with Crippen LogP contribution in [0.2, 0.25) is 0 Å². The molecule has 136 valence electrons. The third-order valence-corrected chi connectivity index (χ3v) is 5.16. The molecule has 2 fully saturated rings. The fourth-order valence-corrected chi connectivity index (χ4v) is 3.37. The van der Waals surface area contributed by atoms with Gasteiger partial charge in [0.05, 0.1) is 14.2 Å². The van der Waals surface area contributed by atoms with Gasteiger partial charge in [-0.25, -0.2) is 9.59 Å². The number of piperidine rings is 1.